The van der Waals surface area contributed by atoms with E-state index >= 15 is 0 Å². The fourth-order valence-corrected chi connectivity index (χ4v) is 5.60. The molecule has 1 N–H and O–H groups in total. The van der Waals surface area contributed by atoms with Crippen LogP contribution >= 0.6 is 0 Å². The zero-order valence-electron chi connectivity index (χ0n) is 14.7. The van der Waals surface area contributed by atoms with Crippen molar-refractivity contribution in [3.05, 3.63) is 24.2 Å². The number of hydrogen-bond acceptors (Lipinski definition) is 3. The SMILES string of the molecule is C[C@@H]1C(=O)CC[C@@H]2[C@@](C)(CCc3ccoc3)[C@H](CO)CC[C@]21C. The number of carbonyl (C=O) groups is 1. The summed E-state index contributed by atoms with van der Waals surface area (Å²) in [6, 6.07) is 2.03. The van der Waals surface area contributed by atoms with Gasteiger partial charge in [-0.2, -0.15) is 0 Å². The van der Waals surface area contributed by atoms with Crippen LogP contribution in [-0.2, 0) is 11.2 Å². The molecule has 0 unspecified atom stereocenters. The van der Waals surface area contributed by atoms with Crippen molar-refractivity contribution in [3.63, 3.8) is 0 Å². The molecule has 2 saturated carbocycles. The number of Topliss-reactive ketones (excluding diaryl/α,β-unsaturated/α-hetero) is 1. The molecule has 2 aliphatic carbocycles. The highest BCUT2D eigenvalue weighted by molar-refractivity contribution is 5.82. The fraction of sp³-hybridized carbons (Fsp3) is 0.750. The highest BCUT2D eigenvalue weighted by Gasteiger charge is 2.57. The Bertz CT molecular complexity index is 549. The van der Waals surface area contributed by atoms with E-state index in [2.05, 4.69) is 20.8 Å². The summed E-state index contributed by atoms with van der Waals surface area (Å²) in [4.78, 5) is 12.3. The minimum Gasteiger partial charge on any atom is -0.472 e. The van der Waals surface area contributed by atoms with Crippen LogP contribution in [-0.4, -0.2) is 17.5 Å². The molecule has 0 amide bonds. The quantitative estimate of drug-likeness (QED) is 0.903. The number of aryl methyl sites for hydroxylation is 1. The third-order valence-electron chi connectivity index (χ3n) is 7.46. The van der Waals surface area contributed by atoms with Crippen molar-refractivity contribution < 1.29 is 14.3 Å². The molecule has 3 rings (SSSR count). The lowest BCUT2D eigenvalue weighted by Crippen LogP contribution is -2.55. The molecular weight excluding hydrogens is 288 g/mol. The maximum Gasteiger partial charge on any atom is 0.136 e. The van der Waals surface area contributed by atoms with Gasteiger partial charge in [-0.25, -0.2) is 0 Å². The molecule has 0 radical (unpaired) electrons. The summed E-state index contributed by atoms with van der Waals surface area (Å²) in [6.07, 6.45) is 9.39. The number of furan rings is 1. The first-order chi connectivity index (χ1) is 10.9. The van der Waals surface area contributed by atoms with Crippen molar-refractivity contribution in [1.82, 2.24) is 0 Å². The van der Waals surface area contributed by atoms with E-state index in [1.54, 1.807) is 6.26 Å². The van der Waals surface area contributed by atoms with E-state index in [9.17, 15) is 9.90 Å². The molecule has 0 aliphatic heterocycles. The predicted molar refractivity (Wildman–Crippen MR) is 89.9 cm³/mol. The van der Waals surface area contributed by atoms with E-state index in [4.69, 9.17) is 4.42 Å². The Morgan fingerprint density at radius 3 is 2.78 bits per heavy atom. The second kappa shape index (κ2) is 6.08. The van der Waals surface area contributed by atoms with E-state index in [1.807, 2.05) is 12.3 Å². The van der Waals surface area contributed by atoms with Gasteiger partial charge in [0, 0.05) is 18.9 Å². The van der Waals surface area contributed by atoms with Gasteiger partial charge in [0.25, 0.3) is 0 Å². The Balaban J connectivity index is 1.88. The molecule has 2 fully saturated rings. The van der Waals surface area contributed by atoms with Crippen molar-refractivity contribution in [2.75, 3.05) is 6.61 Å². The molecule has 2 aliphatic rings. The first-order valence-corrected chi connectivity index (χ1v) is 9.06. The third kappa shape index (κ3) is 2.67. The zero-order chi connectivity index (χ0) is 16.7. The van der Waals surface area contributed by atoms with E-state index in [-0.39, 0.29) is 23.4 Å². The number of rotatable bonds is 4. The normalized spacial score (nSPS) is 40.9. The average Bonchev–Trinajstić information content (AvgIpc) is 3.04. The molecule has 23 heavy (non-hydrogen) atoms. The molecule has 128 valence electrons. The lowest BCUT2D eigenvalue weighted by Gasteiger charge is -2.60. The predicted octanol–water partition coefficient (Wildman–Crippen LogP) is 4.24. The molecular formula is C20H30O3. The van der Waals surface area contributed by atoms with Gasteiger partial charge in [-0.05, 0) is 66.4 Å². The van der Waals surface area contributed by atoms with Crippen LogP contribution in [0.15, 0.2) is 23.0 Å². The minimum atomic E-state index is 0.0894. The third-order valence-corrected chi connectivity index (χ3v) is 7.46. The lowest BCUT2D eigenvalue weighted by molar-refractivity contribution is -0.152. The summed E-state index contributed by atoms with van der Waals surface area (Å²) >= 11 is 0. The summed E-state index contributed by atoms with van der Waals surface area (Å²) < 4.78 is 5.20. The van der Waals surface area contributed by atoms with Gasteiger partial charge in [-0.1, -0.05) is 20.8 Å². The molecule has 1 aromatic rings. The standard InChI is InChI=1S/C20H30O3/c1-14-17(22)4-5-18-19(14,2)10-7-16(12-21)20(18,3)9-6-15-8-11-23-13-15/h8,11,13-14,16,18,21H,4-7,9-10,12H2,1-3H3/t14-,16+,18+,19+,20+/m1/s1. The molecule has 3 nitrogen and oxygen atoms in total. The van der Waals surface area contributed by atoms with Crippen LogP contribution < -0.4 is 0 Å². The first kappa shape index (κ1) is 16.8. The molecule has 0 saturated heterocycles. The van der Waals surface area contributed by atoms with E-state index in [1.165, 1.54) is 5.56 Å². The van der Waals surface area contributed by atoms with Gasteiger partial charge >= 0.3 is 0 Å². The van der Waals surface area contributed by atoms with Gasteiger partial charge in [0.15, 0.2) is 0 Å². The monoisotopic (exact) mass is 318 g/mol. The lowest BCUT2D eigenvalue weighted by atomic mass is 9.44. The average molecular weight is 318 g/mol. The molecule has 0 spiro atoms. The molecule has 1 aromatic heterocycles. The summed E-state index contributed by atoms with van der Waals surface area (Å²) in [5, 5.41) is 9.99. The van der Waals surface area contributed by atoms with Crippen LogP contribution in [0, 0.1) is 28.6 Å². The second-order valence-corrected chi connectivity index (χ2v) is 8.34. The molecule has 5 atom stereocenters. The van der Waals surface area contributed by atoms with Gasteiger partial charge < -0.3 is 9.52 Å². The van der Waals surface area contributed by atoms with Crippen molar-refractivity contribution in [3.8, 4) is 0 Å². The minimum absolute atomic E-state index is 0.0894. The van der Waals surface area contributed by atoms with Gasteiger partial charge in [-0.15, -0.1) is 0 Å². The molecule has 1 heterocycles. The largest absolute Gasteiger partial charge is 0.472 e. The fourth-order valence-electron chi connectivity index (χ4n) is 5.60. The Morgan fingerprint density at radius 2 is 2.13 bits per heavy atom. The van der Waals surface area contributed by atoms with Crippen molar-refractivity contribution in [1.29, 1.82) is 0 Å². The number of hydrogen-bond donors (Lipinski definition) is 1. The van der Waals surface area contributed by atoms with Crippen molar-refractivity contribution >= 4 is 5.78 Å². The second-order valence-electron chi connectivity index (χ2n) is 8.34. The first-order valence-electron chi connectivity index (χ1n) is 9.06. The highest BCUT2D eigenvalue weighted by Crippen LogP contribution is 2.62. The summed E-state index contributed by atoms with van der Waals surface area (Å²) in [5.41, 5.74) is 1.41. The number of carbonyl (C=O) groups excluding carboxylic acids is 1. The Morgan fingerprint density at radius 1 is 1.35 bits per heavy atom. The van der Waals surface area contributed by atoms with E-state index in [0.29, 0.717) is 24.0 Å². The Kier molecular flexibility index (Phi) is 4.43. The van der Waals surface area contributed by atoms with Gasteiger partial charge in [0.05, 0.1) is 12.5 Å². The van der Waals surface area contributed by atoms with Gasteiger partial charge in [0.2, 0.25) is 0 Å². The smallest absolute Gasteiger partial charge is 0.136 e. The maximum atomic E-state index is 12.3. The molecule has 0 aromatic carbocycles. The number of aliphatic hydroxyl groups is 1. The van der Waals surface area contributed by atoms with Crippen LogP contribution in [0.2, 0.25) is 0 Å². The topological polar surface area (TPSA) is 50.4 Å². The summed E-state index contributed by atoms with van der Waals surface area (Å²) in [5.74, 6) is 1.44. The van der Waals surface area contributed by atoms with Crippen LogP contribution in [0.5, 0.6) is 0 Å². The van der Waals surface area contributed by atoms with Crippen molar-refractivity contribution in [2.24, 2.45) is 28.6 Å². The van der Waals surface area contributed by atoms with Gasteiger partial charge in [-0.3, -0.25) is 4.79 Å². The van der Waals surface area contributed by atoms with Crippen molar-refractivity contribution in [2.45, 2.75) is 59.3 Å². The van der Waals surface area contributed by atoms with E-state index in [0.717, 1.165) is 32.1 Å². The Labute approximate surface area is 139 Å². The Hall–Kier alpha value is -1.09. The van der Waals surface area contributed by atoms with Gasteiger partial charge in [0.1, 0.15) is 5.78 Å². The zero-order valence-corrected chi connectivity index (χ0v) is 14.7. The highest BCUT2D eigenvalue weighted by atomic mass is 16.3. The van der Waals surface area contributed by atoms with E-state index < -0.39 is 0 Å². The number of ketones is 1. The van der Waals surface area contributed by atoms with Crippen LogP contribution in [0.25, 0.3) is 0 Å². The van der Waals surface area contributed by atoms with Crippen LogP contribution in [0.3, 0.4) is 0 Å². The van der Waals surface area contributed by atoms with Crippen LogP contribution in [0.4, 0.5) is 0 Å². The number of aliphatic hydroxyl groups excluding tert-OH is 1. The number of fused-ring (bicyclic) bond motifs is 1. The maximum absolute atomic E-state index is 12.3. The molecule has 3 heteroatoms. The summed E-state index contributed by atoms with van der Waals surface area (Å²) in [6.45, 7) is 7.07. The molecule has 0 bridgehead atoms. The summed E-state index contributed by atoms with van der Waals surface area (Å²) in [7, 11) is 0. The van der Waals surface area contributed by atoms with Crippen LogP contribution in [0.1, 0.15) is 58.4 Å².